The lowest BCUT2D eigenvalue weighted by atomic mass is 9.98. The minimum Gasteiger partial charge on any atom is -0.394 e. The van der Waals surface area contributed by atoms with E-state index in [0.29, 0.717) is 11.3 Å². The minimum atomic E-state index is -0.646. The minimum absolute atomic E-state index is 0.0416. The number of rotatable bonds is 4. The quantitative estimate of drug-likeness (QED) is 0.665. The van der Waals surface area contributed by atoms with Crippen LogP contribution in [0, 0.1) is 0 Å². The molecular weight excluding hydrogens is 258 g/mol. The Hall–Kier alpha value is -2.08. The van der Waals surface area contributed by atoms with Gasteiger partial charge in [-0.1, -0.05) is 12.8 Å². The third-order valence-electron chi connectivity index (χ3n) is 3.66. The monoisotopic (exact) mass is 277 g/mol. The normalized spacial score (nSPS) is 16.6. The number of aliphatic hydroxyl groups is 1. The number of aliphatic hydroxyl groups excluding tert-OH is 1. The molecule has 0 saturated heterocycles. The summed E-state index contributed by atoms with van der Waals surface area (Å²) in [4.78, 5) is 22.9. The van der Waals surface area contributed by atoms with E-state index in [0.717, 1.165) is 25.7 Å². The van der Waals surface area contributed by atoms with E-state index in [1.54, 1.807) is 24.3 Å². The van der Waals surface area contributed by atoms with Crippen LogP contribution in [0.3, 0.4) is 0 Å². The Kier molecular flexibility index (Phi) is 4.24. The number of urea groups is 1. The molecule has 1 saturated carbocycles. The van der Waals surface area contributed by atoms with E-state index in [4.69, 9.17) is 5.73 Å². The van der Waals surface area contributed by atoms with Crippen LogP contribution in [0.5, 0.6) is 0 Å². The molecule has 108 valence electrons. The molecule has 2 rings (SSSR count). The molecule has 6 heteroatoms. The van der Waals surface area contributed by atoms with Crippen molar-refractivity contribution in [3.8, 4) is 0 Å². The summed E-state index contributed by atoms with van der Waals surface area (Å²) in [6.07, 6.45) is 3.64. The molecule has 0 aromatic heterocycles. The number of hydrogen-bond donors (Lipinski definition) is 4. The molecule has 1 fully saturated rings. The highest BCUT2D eigenvalue weighted by Crippen LogP contribution is 2.29. The molecule has 0 atom stereocenters. The molecule has 6 nitrogen and oxygen atoms in total. The van der Waals surface area contributed by atoms with Crippen molar-refractivity contribution in [2.24, 2.45) is 5.73 Å². The highest BCUT2D eigenvalue weighted by atomic mass is 16.3. The predicted octanol–water partition coefficient (Wildman–Crippen LogP) is 1.21. The predicted molar refractivity (Wildman–Crippen MR) is 75.4 cm³/mol. The molecule has 1 aromatic rings. The highest BCUT2D eigenvalue weighted by molar-refractivity contribution is 5.95. The van der Waals surface area contributed by atoms with Gasteiger partial charge in [0.15, 0.2) is 0 Å². The van der Waals surface area contributed by atoms with Crippen LogP contribution in [-0.4, -0.2) is 29.2 Å². The number of amides is 3. The second-order valence-corrected chi connectivity index (χ2v) is 5.17. The van der Waals surface area contributed by atoms with Gasteiger partial charge in [-0.2, -0.15) is 0 Å². The summed E-state index contributed by atoms with van der Waals surface area (Å²) in [5, 5.41) is 14.8. The molecule has 0 radical (unpaired) electrons. The van der Waals surface area contributed by atoms with Gasteiger partial charge in [0.1, 0.15) is 0 Å². The molecule has 0 bridgehead atoms. The first-order chi connectivity index (χ1) is 9.54. The van der Waals surface area contributed by atoms with Crippen LogP contribution in [-0.2, 0) is 0 Å². The zero-order valence-corrected chi connectivity index (χ0v) is 11.2. The van der Waals surface area contributed by atoms with Crippen molar-refractivity contribution in [3.05, 3.63) is 29.8 Å². The number of nitrogens with two attached hydrogens (primary N) is 1. The molecular formula is C14H19N3O3. The Balaban J connectivity index is 2.03. The summed E-state index contributed by atoms with van der Waals surface area (Å²) < 4.78 is 0. The van der Waals surface area contributed by atoms with Gasteiger partial charge in [-0.15, -0.1) is 0 Å². The molecule has 1 aliphatic rings. The Labute approximate surface area is 117 Å². The van der Waals surface area contributed by atoms with E-state index in [1.807, 2.05) is 0 Å². The highest BCUT2D eigenvalue weighted by Gasteiger charge is 2.34. The fraction of sp³-hybridized carbons (Fsp3) is 0.429. The van der Waals surface area contributed by atoms with Crippen LogP contribution in [0.25, 0.3) is 0 Å². The Morgan fingerprint density at radius 2 is 1.80 bits per heavy atom. The van der Waals surface area contributed by atoms with E-state index in [2.05, 4.69) is 10.6 Å². The number of carbonyl (C=O) groups is 2. The van der Waals surface area contributed by atoms with E-state index in [9.17, 15) is 14.7 Å². The summed E-state index contributed by atoms with van der Waals surface area (Å²) in [6, 6.07) is 5.80. The molecule has 0 unspecified atom stereocenters. The number of primary amides is 1. The summed E-state index contributed by atoms with van der Waals surface area (Å²) in [5.74, 6) is -0.216. The fourth-order valence-electron chi connectivity index (χ4n) is 2.53. The van der Waals surface area contributed by atoms with Crippen molar-refractivity contribution in [1.82, 2.24) is 5.32 Å². The number of nitrogens with one attached hydrogen (secondary N) is 2. The maximum atomic E-state index is 12.2. The molecule has 3 amide bonds. The van der Waals surface area contributed by atoms with Gasteiger partial charge in [-0.25, -0.2) is 4.79 Å². The van der Waals surface area contributed by atoms with Gasteiger partial charge in [-0.3, -0.25) is 4.79 Å². The van der Waals surface area contributed by atoms with Crippen molar-refractivity contribution in [2.45, 2.75) is 31.2 Å². The molecule has 0 heterocycles. The third-order valence-corrected chi connectivity index (χ3v) is 3.66. The average molecular weight is 277 g/mol. The van der Waals surface area contributed by atoms with Crippen molar-refractivity contribution in [1.29, 1.82) is 0 Å². The zero-order valence-electron chi connectivity index (χ0n) is 11.2. The van der Waals surface area contributed by atoms with Crippen LogP contribution in [0.15, 0.2) is 24.3 Å². The van der Waals surface area contributed by atoms with Gasteiger partial charge < -0.3 is 21.5 Å². The van der Waals surface area contributed by atoms with Gasteiger partial charge in [0.25, 0.3) is 5.91 Å². The standard InChI is InChI=1S/C14H19N3O3/c15-13(20)16-11-5-3-10(4-6-11)12(19)17-14(9-18)7-1-2-8-14/h3-6,18H,1-2,7-9H2,(H,17,19)(H3,15,16,20). The number of carbonyl (C=O) groups excluding carboxylic acids is 2. The Morgan fingerprint density at radius 3 is 2.30 bits per heavy atom. The molecule has 0 aliphatic heterocycles. The molecule has 5 N–H and O–H groups in total. The van der Waals surface area contributed by atoms with Gasteiger partial charge in [0.05, 0.1) is 12.1 Å². The Morgan fingerprint density at radius 1 is 1.20 bits per heavy atom. The smallest absolute Gasteiger partial charge is 0.316 e. The van der Waals surface area contributed by atoms with E-state index in [-0.39, 0.29) is 12.5 Å². The van der Waals surface area contributed by atoms with Gasteiger partial charge in [0.2, 0.25) is 0 Å². The number of hydrogen-bond acceptors (Lipinski definition) is 3. The average Bonchev–Trinajstić information content (AvgIpc) is 2.88. The van der Waals surface area contributed by atoms with Crippen molar-refractivity contribution in [2.75, 3.05) is 11.9 Å². The second kappa shape index (κ2) is 5.92. The van der Waals surface area contributed by atoms with E-state index < -0.39 is 11.6 Å². The number of anilines is 1. The van der Waals surface area contributed by atoms with Gasteiger partial charge >= 0.3 is 6.03 Å². The maximum Gasteiger partial charge on any atom is 0.316 e. The summed E-state index contributed by atoms with van der Waals surface area (Å²) in [5.41, 5.74) is 5.54. The third kappa shape index (κ3) is 3.27. The van der Waals surface area contributed by atoms with E-state index in [1.165, 1.54) is 0 Å². The van der Waals surface area contributed by atoms with Crippen LogP contribution < -0.4 is 16.4 Å². The first-order valence-corrected chi connectivity index (χ1v) is 6.65. The summed E-state index contributed by atoms with van der Waals surface area (Å²) in [7, 11) is 0. The fourth-order valence-corrected chi connectivity index (χ4v) is 2.53. The van der Waals surface area contributed by atoms with Gasteiger partial charge in [-0.05, 0) is 37.1 Å². The van der Waals surface area contributed by atoms with Crippen LogP contribution >= 0.6 is 0 Å². The SMILES string of the molecule is NC(=O)Nc1ccc(C(=O)NC2(CO)CCCC2)cc1. The molecule has 1 aliphatic carbocycles. The molecule has 20 heavy (non-hydrogen) atoms. The number of benzene rings is 1. The van der Waals surface area contributed by atoms with Crippen LogP contribution in [0.2, 0.25) is 0 Å². The van der Waals surface area contributed by atoms with Crippen LogP contribution in [0.4, 0.5) is 10.5 Å². The topological polar surface area (TPSA) is 104 Å². The van der Waals surface area contributed by atoms with Crippen molar-refractivity contribution >= 4 is 17.6 Å². The molecule has 0 spiro atoms. The van der Waals surface area contributed by atoms with Crippen molar-refractivity contribution < 1.29 is 14.7 Å². The zero-order chi connectivity index (χ0) is 14.6. The lowest BCUT2D eigenvalue weighted by molar-refractivity contribution is 0.0838. The molecule has 1 aromatic carbocycles. The lowest BCUT2D eigenvalue weighted by Crippen LogP contribution is -2.49. The lowest BCUT2D eigenvalue weighted by Gasteiger charge is -2.28. The first-order valence-electron chi connectivity index (χ1n) is 6.65. The first kappa shape index (κ1) is 14.3. The Bertz CT molecular complexity index is 493. The van der Waals surface area contributed by atoms with Gasteiger partial charge in [0, 0.05) is 11.3 Å². The summed E-state index contributed by atoms with van der Waals surface area (Å²) in [6.45, 7) is -0.0416. The second-order valence-electron chi connectivity index (χ2n) is 5.17. The van der Waals surface area contributed by atoms with E-state index >= 15 is 0 Å². The van der Waals surface area contributed by atoms with Crippen LogP contribution in [0.1, 0.15) is 36.0 Å². The maximum absolute atomic E-state index is 12.2. The largest absolute Gasteiger partial charge is 0.394 e. The van der Waals surface area contributed by atoms with Crippen molar-refractivity contribution in [3.63, 3.8) is 0 Å². The summed E-state index contributed by atoms with van der Waals surface area (Å²) >= 11 is 0.